The molecule has 3 rings (SSSR count). The maximum absolute atomic E-state index is 11.4. The van der Waals surface area contributed by atoms with E-state index in [0.29, 0.717) is 0 Å². The normalized spacial score (nSPS) is 11.5. The summed E-state index contributed by atoms with van der Waals surface area (Å²) < 4.78 is 4.66. The van der Waals surface area contributed by atoms with E-state index in [9.17, 15) is 4.79 Å². The van der Waals surface area contributed by atoms with Crippen molar-refractivity contribution in [3.63, 3.8) is 0 Å². The summed E-state index contributed by atoms with van der Waals surface area (Å²) in [5.74, 6) is -0.378. The molecule has 0 unspecified atom stereocenters. The van der Waals surface area contributed by atoms with Gasteiger partial charge in [0.05, 0.1) is 18.3 Å². The van der Waals surface area contributed by atoms with Crippen molar-refractivity contribution in [3.8, 4) is 11.3 Å². The van der Waals surface area contributed by atoms with Gasteiger partial charge in [-0.2, -0.15) is 0 Å². The molecule has 0 aliphatic carbocycles. The lowest BCUT2D eigenvalue weighted by Gasteiger charge is -2.06. The molecule has 0 saturated carbocycles. The van der Waals surface area contributed by atoms with Crippen LogP contribution in [-0.4, -0.2) is 23.0 Å². The first-order chi connectivity index (χ1) is 11.2. The highest BCUT2D eigenvalue weighted by Crippen LogP contribution is 2.23. The molecule has 114 valence electrons. The first-order valence-electron chi connectivity index (χ1n) is 7.25. The molecule has 0 aliphatic heterocycles. The standard InChI is InChI=1S/C19H16N2O2/c1-13(9-19(22)23-2)15-10-16(12-20-11-15)18-8-7-14-5-3-4-6-17(14)21-18/h3-12H,1-2H3/b13-9+. The zero-order chi connectivity index (χ0) is 16.2. The minimum atomic E-state index is -0.378. The van der Waals surface area contributed by atoms with E-state index in [-0.39, 0.29) is 5.97 Å². The van der Waals surface area contributed by atoms with E-state index in [1.165, 1.54) is 13.2 Å². The number of ether oxygens (including phenoxy) is 1. The van der Waals surface area contributed by atoms with Gasteiger partial charge in [-0.15, -0.1) is 0 Å². The third-order valence-corrected chi connectivity index (χ3v) is 3.62. The molecule has 0 atom stereocenters. The number of hydrogen-bond acceptors (Lipinski definition) is 4. The second-order valence-corrected chi connectivity index (χ2v) is 5.20. The number of carbonyl (C=O) groups excluding carboxylic acids is 1. The largest absolute Gasteiger partial charge is 0.466 e. The third kappa shape index (κ3) is 3.26. The Bertz CT molecular complexity index is 901. The number of rotatable bonds is 3. The van der Waals surface area contributed by atoms with Gasteiger partial charge in [-0.05, 0) is 36.3 Å². The van der Waals surface area contributed by atoms with Crippen LogP contribution < -0.4 is 0 Å². The Kier molecular flexibility index (Phi) is 4.15. The number of allylic oxidation sites excluding steroid dienone is 1. The van der Waals surface area contributed by atoms with Crippen molar-refractivity contribution in [2.24, 2.45) is 0 Å². The minimum absolute atomic E-state index is 0.378. The van der Waals surface area contributed by atoms with E-state index in [4.69, 9.17) is 0 Å². The summed E-state index contributed by atoms with van der Waals surface area (Å²) in [5.41, 5.74) is 4.36. The van der Waals surface area contributed by atoms with Crippen LogP contribution in [0.2, 0.25) is 0 Å². The molecule has 0 N–H and O–H groups in total. The van der Waals surface area contributed by atoms with Crippen LogP contribution in [0.25, 0.3) is 27.7 Å². The molecular weight excluding hydrogens is 288 g/mol. The molecule has 2 aromatic heterocycles. The molecule has 0 radical (unpaired) electrons. The lowest BCUT2D eigenvalue weighted by Crippen LogP contribution is -1.96. The van der Waals surface area contributed by atoms with E-state index in [0.717, 1.165) is 33.3 Å². The number of esters is 1. The molecule has 0 saturated heterocycles. The Hall–Kier alpha value is -3.01. The highest BCUT2D eigenvalue weighted by Gasteiger charge is 2.06. The Labute approximate surface area is 134 Å². The molecule has 0 bridgehead atoms. The summed E-state index contributed by atoms with van der Waals surface area (Å²) in [6.07, 6.45) is 4.94. The number of fused-ring (bicyclic) bond motifs is 1. The van der Waals surface area contributed by atoms with Crippen LogP contribution in [0, 0.1) is 0 Å². The van der Waals surface area contributed by atoms with Crippen molar-refractivity contribution in [2.75, 3.05) is 7.11 Å². The predicted molar refractivity (Wildman–Crippen MR) is 90.6 cm³/mol. The summed E-state index contributed by atoms with van der Waals surface area (Å²) in [5, 5.41) is 1.10. The van der Waals surface area contributed by atoms with Gasteiger partial charge in [-0.1, -0.05) is 24.3 Å². The van der Waals surface area contributed by atoms with E-state index in [1.807, 2.05) is 49.4 Å². The van der Waals surface area contributed by atoms with Gasteiger partial charge in [0.2, 0.25) is 0 Å². The molecule has 0 spiro atoms. The molecule has 23 heavy (non-hydrogen) atoms. The van der Waals surface area contributed by atoms with Crippen LogP contribution in [0.15, 0.2) is 60.9 Å². The minimum Gasteiger partial charge on any atom is -0.466 e. The summed E-state index contributed by atoms with van der Waals surface area (Å²) in [7, 11) is 1.36. The van der Waals surface area contributed by atoms with E-state index in [1.54, 1.807) is 12.4 Å². The Morgan fingerprint density at radius 3 is 2.78 bits per heavy atom. The van der Waals surface area contributed by atoms with Gasteiger partial charge in [-0.25, -0.2) is 9.78 Å². The zero-order valence-electron chi connectivity index (χ0n) is 13.0. The van der Waals surface area contributed by atoms with E-state index < -0.39 is 0 Å². The van der Waals surface area contributed by atoms with Crippen LogP contribution in [0.3, 0.4) is 0 Å². The Morgan fingerprint density at radius 1 is 1.13 bits per heavy atom. The molecule has 4 nitrogen and oxygen atoms in total. The molecular formula is C19H16N2O2. The van der Waals surface area contributed by atoms with Crippen molar-refractivity contribution in [1.82, 2.24) is 9.97 Å². The van der Waals surface area contributed by atoms with Gasteiger partial charge in [0, 0.05) is 29.4 Å². The van der Waals surface area contributed by atoms with Gasteiger partial charge >= 0.3 is 5.97 Å². The van der Waals surface area contributed by atoms with Gasteiger partial charge in [0.25, 0.3) is 0 Å². The number of aromatic nitrogens is 2. The topological polar surface area (TPSA) is 52.1 Å². The second-order valence-electron chi connectivity index (χ2n) is 5.20. The Morgan fingerprint density at radius 2 is 1.96 bits per heavy atom. The van der Waals surface area contributed by atoms with E-state index in [2.05, 4.69) is 14.7 Å². The van der Waals surface area contributed by atoms with Crippen molar-refractivity contribution >= 4 is 22.4 Å². The summed E-state index contributed by atoms with van der Waals surface area (Å²) in [4.78, 5) is 20.3. The third-order valence-electron chi connectivity index (χ3n) is 3.62. The fraction of sp³-hybridized carbons (Fsp3) is 0.105. The number of para-hydroxylation sites is 1. The highest BCUT2D eigenvalue weighted by molar-refractivity contribution is 5.91. The maximum atomic E-state index is 11.4. The number of hydrogen-bond donors (Lipinski definition) is 0. The van der Waals surface area contributed by atoms with Gasteiger partial charge < -0.3 is 4.74 Å². The van der Waals surface area contributed by atoms with Gasteiger partial charge in [0.15, 0.2) is 0 Å². The number of carbonyl (C=O) groups is 1. The first kappa shape index (κ1) is 14.9. The van der Waals surface area contributed by atoms with E-state index >= 15 is 0 Å². The average molecular weight is 304 g/mol. The van der Waals surface area contributed by atoms with Crippen LogP contribution in [0.1, 0.15) is 12.5 Å². The molecule has 4 heteroatoms. The van der Waals surface area contributed by atoms with Crippen molar-refractivity contribution in [3.05, 3.63) is 66.5 Å². The van der Waals surface area contributed by atoms with Crippen LogP contribution in [0.4, 0.5) is 0 Å². The monoisotopic (exact) mass is 304 g/mol. The summed E-state index contributed by atoms with van der Waals surface area (Å²) in [6.45, 7) is 1.85. The van der Waals surface area contributed by atoms with Gasteiger partial charge in [0.1, 0.15) is 0 Å². The van der Waals surface area contributed by atoms with Crippen LogP contribution in [-0.2, 0) is 9.53 Å². The second kappa shape index (κ2) is 6.40. The molecule has 2 heterocycles. The van der Waals surface area contributed by atoms with Crippen molar-refractivity contribution < 1.29 is 9.53 Å². The number of nitrogens with zero attached hydrogens (tertiary/aromatic N) is 2. The summed E-state index contributed by atoms with van der Waals surface area (Å²) in [6, 6.07) is 14.0. The van der Waals surface area contributed by atoms with Crippen LogP contribution >= 0.6 is 0 Å². The summed E-state index contributed by atoms with van der Waals surface area (Å²) >= 11 is 0. The fourth-order valence-corrected chi connectivity index (χ4v) is 2.34. The molecule has 3 aromatic rings. The SMILES string of the molecule is COC(=O)/C=C(\C)c1cncc(-c2ccc3ccccc3n2)c1. The lowest BCUT2D eigenvalue weighted by atomic mass is 10.1. The number of pyridine rings is 2. The molecule has 0 amide bonds. The number of benzene rings is 1. The quantitative estimate of drug-likeness (QED) is 0.544. The van der Waals surface area contributed by atoms with Crippen molar-refractivity contribution in [2.45, 2.75) is 6.92 Å². The Balaban J connectivity index is 2.01. The van der Waals surface area contributed by atoms with Crippen LogP contribution in [0.5, 0.6) is 0 Å². The smallest absolute Gasteiger partial charge is 0.330 e. The average Bonchev–Trinajstić information content (AvgIpc) is 2.61. The highest BCUT2D eigenvalue weighted by atomic mass is 16.5. The van der Waals surface area contributed by atoms with Gasteiger partial charge in [-0.3, -0.25) is 4.98 Å². The first-order valence-corrected chi connectivity index (χ1v) is 7.25. The zero-order valence-corrected chi connectivity index (χ0v) is 13.0. The molecule has 0 aliphatic rings. The number of methoxy groups -OCH3 is 1. The molecule has 1 aromatic carbocycles. The predicted octanol–water partition coefficient (Wildman–Crippen LogP) is 3.87. The maximum Gasteiger partial charge on any atom is 0.330 e. The van der Waals surface area contributed by atoms with Crippen molar-refractivity contribution in [1.29, 1.82) is 0 Å². The lowest BCUT2D eigenvalue weighted by molar-refractivity contribution is -0.134. The fourth-order valence-electron chi connectivity index (χ4n) is 2.34. The molecule has 0 fully saturated rings.